The lowest BCUT2D eigenvalue weighted by molar-refractivity contribution is -0.142. The van der Waals surface area contributed by atoms with E-state index < -0.39 is 11.9 Å². The van der Waals surface area contributed by atoms with Crippen LogP contribution in [0.15, 0.2) is 24.3 Å². The second-order valence-corrected chi connectivity index (χ2v) is 6.48. The lowest BCUT2D eigenvalue weighted by Crippen LogP contribution is -2.43. The highest BCUT2D eigenvalue weighted by molar-refractivity contribution is 5.87. The van der Waals surface area contributed by atoms with Crippen LogP contribution in [-0.2, 0) is 20.8 Å². The van der Waals surface area contributed by atoms with Gasteiger partial charge in [-0.2, -0.15) is 0 Å². The number of hydrogen-bond donors (Lipinski definition) is 2. The maximum absolute atomic E-state index is 12.2. The molecule has 0 radical (unpaired) electrons. The number of amides is 2. The monoisotopic (exact) mass is 332 g/mol. The number of nitrogens with one attached hydrogen (secondary N) is 1. The zero-order valence-electron chi connectivity index (χ0n) is 14.1. The van der Waals surface area contributed by atoms with Crippen molar-refractivity contribution in [2.75, 3.05) is 20.1 Å². The Hall–Kier alpha value is -2.37. The van der Waals surface area contributed by atoms with Gasteiger partial charge in [0.2, 0.25) is 11.8 Å². The Morgan fingerprint density at radius 3 is 2.79 bits per heavy atom. The number of piperidine rings is 1. The zero-order chi connectivity index (χ0) is 17.7. The molecule has 1 aromatic carbocycles. The fourth-order valence-electron chi connectivity index (χ4n) is 2.91. The SMILES string of the molecule is Cc1cccc(CC(CNC(=O)C2CCN(C)C(=O)C2)C(=O)O)c1. The summed E-state index contributed by atoms with van der Waals surface area (Å²) < 4.78 is 0. The number of carbonyl (C=O) groups is 3. The first-order valence-electron chi connectivity index (χ1n) is 8.17. The number of nitrogens with zero attached hydrogens (tertiary/aromatic N) is 1. The van der Waals surface area contributed by atoms with E-state index in [1.54, 1.807) is 11.9 Å². The van der Waals surface area contributed by atoms with Gasteiger partial charge in [-0.1, -0.05) is 29.8 Å². The van der Waals surface area contributed by atoms with Crippen LogP contribution in [0.25, 0.3) is 0 Å². The van der Waals surface area contributed by atoms with Crippen molar-refractivity contribution in [1.29, 1.82) is 0 Å². The second-order valence-electron chi connectivity index (χ2n) is 6.48. The molecule has 1 fully saturated rings. The van der Waals surface area contributed by atoms with Gasteiger partial charge in [0.05, 0.1) is 5.92 Å². The molecule has 2 amide bonds. The van der Waals surface area contributed by atoms with Gasteiger partial charge in [-0.15, -0.1) is 0 Å². The number of benzene rings is 1. The fraction of sp³-hybridized carbons (Fsp3) is 0.500. The first kappa shape index (κ1) is 18.0. The van der Waals surface area contributed by atoms with Gasteiger partial charge in [-0.25, -0.2) is 0 Å². The van der Waals surface area contributed by atoms with Gasteiger partial charge in [0, 0.05) is 32.5 Å². The van der Waals surface area contributed by atoms with Gasteiger partial charge in [0.25, 0.3) is 0 Å². The van der Waals surface area contributed by atoms with Crippen molar-refractivity contribution in [1.82, 2.24) is 10.2 Å². The Kier molecular flexibility index (Phi) is 5.95. The molecule has 6 heteroatoms. The summed E-state index contributed by atoms with van der Waals surface area (Å²) in [5.41, 5.74) is 2.01. The van der Waals surface area contributed by atoms with E-state index in [1.807, 2.05) is 31.2 Å². The minimum atomic E-state index is -0.934. The fourth-order valence-corrected chi connectivity index (χ4v) is 2.91. The third-order valence-corrected chi connectivity index (χ3v) is 4.47. The normalized spacial score (nSPS) is 19.0. The summed E-state index contributed by atoms with van der Waals surface area (Å²) in [5.74, 6) is -2.25. The van der Waals surface area contributed by atoms with E-state index in [4.69, 9.17) is 0 Å². The standard InChI is InChI=1S/C18H24N2O4/c1-12-4-3-5-13(8-12)9-15(18(23)24)11-19-17(22)14-6-7-20(2)16(21)10-14/h3-5,8,14-15H,6-7,9-11H2,1-2H3,(H,19,22)(H,23,24). The van der Waals surface area contributed by atoms with E-state index in [2.05, 4.69) is 5.32 Å². The number of rotatable bonds is 6. The molecule has 24 heavy (non-hydrogen) atoms. The molecule has 0 bridgehead atoms. The van der Waals surface area contributed by atoms with Crippen molar-refractivity contribution in [3.8, 4) is 0 Å². The highest BCUT2D eigenvalue weighted by atomic mass is 16.4. The van der Waals surface area contributed by atoms with Crippen LogP contribution in [0, 0.1) is 18.8 Å². The number of carbonyl (C=O) groups excluding carboxylic acids is 2. The summed E-state index contributed by atoms with van der Waals surface area (Å²) in [5, 5.41) is 12.1. The topological polar surface area (TPSA) is 86.7 Å². The Bertz CT molecular complexity index is 629. The number of hydrogen-bond acceptors (Lipinski definition) is 3. The van der Waals surface area contributed by atoms with Gasteiger partial charge in [0.15, 0.2) is 0 Å². The van der Waals surface area contributed by atoms with E-state index in [9.17, 15) is 19.5 Å². The summed E-state index contributed by atoms with van der Waals surface area (Å²) in [6, 6.07) is 7.69. The molecule has 1 aliphatic rings. The van der Waals surface area contributed by atoms with Crippen LogP contribution in [0.3, 0.4) is 0 Å². The average Bonchev–Trinajstić information content (AvgIpc) is 2.53. The molecule has 0 spiro atoms. The van der Waals surface area contributed by atoms with Crippen LogP contribution >= 0.6 is 0 Å². The molecule has 0 aliphatic carbocycles. The van der Waals surface area contributed by atoms with Crippen molar-refractivity contribution in [2.24, 2.45) is 11.8 Å². The molecule has 1 aliphatic heterocycles. The summed E-state index contributed by atoms with van der Waals surface area (Å²) in [7, 11) is 1.72. The number of carboxylic acid groups (broad SMARTS) is 1. The first-order chi connectivity index (χ1) is 11.4. The third-order valence-electron chi connectivity index (χ3n) is 4.47. The molecular weight excluding hydrogens is 308 g/mol. The number of aryl methyl sites for hydroxylation is 1. The van der Waals surface area contributed by atoms with Crippen LogP contribution in [0.5, 0.6) is 0 Å². The number of likely N-dealkylation sites (tertiary alicyclic amines) is 1. The molecular formula is C18H24N2O4. The molecule has 1 aromatic rings. The largest absolute Gasteiger partial charge is 0.481 e. The van der Waals surface area contributed by atoms with Gasteiger partial charge in [-0.3, -0.25) is 14.4 Å². The lowest BCUT2D eigenvalue weighted by Gasteiger charge is -2.28. The molecule has 2 rings (SSSR count). The highest BCUT2D eigenvalue weighted by Crippen LogP contribution is 2.17. The summed E-state index contributed by atoms with van der Waals surface area (Å²) >= 11 is 0. The summed E-state index contributed by atoms with van der Waals surface area (Å²) in [6.45, 7) is 2.59. The van der Waals surface area contributed by atoms with Gasteiger partial charge < -0.3 is 15.3 Å². The van der Waals surface area contributed by atoms with E-state index in [0.29, 0.717) is 19.4 Å². The molecule has 130 valence electrons. The maximum Gasteiger partial charge on any atom is 0.308 e. The van der Waals surface area contributed by atoms with Gasteiger partial charge in [-0.05, 0) is 25.3 Å². The van der Waals surface area contributed by atoms with Crippen LogP contribution < -0.4 is 5.32 Å². The van der Waals surface area contributed by atoms with Crippen LogP contribution in [0.2, 0.25) is 0 Å². The average molecular weight is 332 g/mol. The minimum absolute atomic E-state index is 0.0454. The lowest BCUT2D eigenvalue weighted by atomic mass is 9.94. The Morgan fingerprint density at radius 2 is 2.17 bits per heavy atom. The van der Waals surface area contributed by atoms with Crippen molar-refractivity contribution in [3.05, 3.63) is 35.4 Å². The third kappa shape index (κ3) is 4.81. The van der Waals surface area contributed by atoms with Crippen molar-refractivity contribution in [3.63, 3.8) is 0 Å². The van der Waals surface area contributed by atoms with Crippen molar-refractivity contribution in [2.45, 2.75) is 26.2 Å². The quantitative estimate of drug-likeness (QED) is 0.820. The smallest absolute Gasteiger partial charge is 0.308 e. The molecule has 2 N–H and O–H groups in total. The van der Waals surface area contributed by atoms with Crippen LogP contribution in [0.4, 0.5) is 0 Å². The maximum atomic E-state index is 12.2. The molecule has 2 atom stereocenters. The second kappa shape index (κ2) is 7.95. The number of aliphatic carboxylic acids is 1. The Morgan fingerprint density at radius 1 is 1.42 bits per heavy atom. The first-order valence-corrected chi connectivity index (χ1v) is 8.17. The molecule has 1 saturated heterocycles. The van der Waals surface area contributed by atoms with Crippen molar-refractivity contribution < 1.29 is 19.5 Å². The van der Waals surface area contributed by atoms with Crippen LogP contribution in [0.1, 0.15) is 24.0 Å². The Balaban J connectivity index is 1.90. The zero-order valence-corrected chi connectivity index (χ0v) is 14.1. The van der Waals surface area contributed by atoms with Crippen molar-refractivity contribution >= 4 is 17.8 Å². The predicted octanol–water partition coefficient (Wildman–Crippen LogP) is 1.22. The van der Waals surface area contributed by atoms with Gasteiger partial charge >= 0.3 is 5.97 Å². The molecule has 6 nitrogen and oxygen atoms in total. The van der Waals surface area contributed by atoms with E-state index in [0.717, 1.165) is 11.1 Å². The molecule has 0 aromatic heterocycles. The Labute approximate surface area is 141 Å². The highest BCUT2D eigenvalue weighted by Gasteiger charge is 2.29. The summed E-state index contributed by atoms with van der Waals surface area (Å²) in [4.78, 5) is 37.0. The van der Waals surface area contributed by atoms with E-state index in [-0.39, 0.29) is 30.7 Å². The summed E-state index contributed by atoms with van der Waals surface area (Å²) in [6.07, 6.45) is 1.17. The number of carboxylic acids is 1. The molecule has 1 heterocycles. The van der Waals surface area contributed by atoms with E-state index in [1.165, 1.54) is 0 Å². The minimum Gasteiger partial charge on any atom is -0.481 e. The molecule has 0 saturated carbocycles. The molecule has 2 unspecified atom stereocenters. The van der Waals surface area contributed by atoms with E-state index >= 15 is 0 Å². The van der Waals surface area contributed by atoms with Crippen LogP contribution in [-0.4, -0.2) is 47.9 Å². The van der Waals surface area contributed by atoms with Gasteiger partial charge in [0.1, 0.15) is 0 Å². The predicted molar refractivity (Wildman–Crippen MR) is 89.4 cm³/mol.